The normalized spacial score (nSPS) is 10.3. The van der Waals surface area contributed by atoms with E-state index in [-0.39, 0.29) is 6.61 Å². The van der Waals surface area contributed by atoms with Crippen LogP contribution in [0.4, 0.5) is 0 Å². The van der Waals surface area contributed by atoms with Gasteiger partial charge in [-0.25, -0.2) is 4.79 Å². The molecule has 0 N–H and O–H groups in total. The van der Waals surface area contributed by atoms with Crippen LogP contribution in [0.15, 0.2) is 42.5 Å². The molecule has 0 fully saturated rings. The molecule has 0 saturated carbocycles. The summed E-state index contributed by atoms with van der Waals surface area (Å²) in [5.74, 6) is 0.826. The van der Waals surface area contributed by atoms with E-state index in [4.69, 9.17) is 19.5 Å². The van der Waals surface area contributed by atoms with Crippen LogP contribution in [0.3, 0.4) is 0 Å². The number of allylic oxidation sites excluding steroid dienone is 1. The maximum atomic E-state index is 12.0. The average Bonchev–Trinajstić information content (AvgIpc) is 2.62. The summed E-state index contributed by atoms with van der Waals surface area (Å²) in [6.45, 7) is 3.71. The van der Waals surface area contributed by atoms with E-state index in [1.54, 1.807) is 24.3 Å². The van der Waals surface area contributed by atoms with Gasteiger partial charge in [0.05, 0.1) is 13.2 Å². The highest BCUT2D eigenvalue weighted by molar-refractivity contribution is 5.75. The summed E-state index contributed by atoms with van der Waals surface area (Å²) in [4.78, 5) is 12.0. The number of rotatable bonds is 6. The lowest BCUT2D eigenvalue weighted by Crippen LogP contribution is -2.18. The van der Waals surface area contributed by atoms with Crippen molar-refractivity contribution in [2.45, 2.75) is 13.8 Å². The monoisotopic (exact) mass is 337 g/mol. The molecule has 0 saturated heterocycles. The fourth-order valence-electron chi connectivity index (χ4n) is 2.17. The fourth-order valence-corrected chi connectivity index (χ4v) is 2.17. The highest BCUT2D eigenvalue weighted by Crippen LogP contribution is 2.29. The number of benzene rings is 2. The van der Waals surface area contributed by atoms with Crippen LogP contribution in [0, 0.1) is 25.2 Å². The van der Waals surface area contributed by atoms with Gasteiger partial charge in [0.25, 0.3) is 0 Å². The molecule has 0 heterocycles. The van der Waals surface area contributed by atoms with Gasteiger partial charge in [-0.1, -0.05) is 18.2 Å². The zero-order valence-electron chi connectivity index (χ0n) is 14.4. The van der Waals surface area contributed by atoms with Crippen LogP contribution < -0.4 is 14.2 Å². The molecule has 0 atom stereocenters. The highest BCUT2D eigenvalue weighted by Gasteiger charge is 2.12. The summed E-state index contributed by atoms with van der Waals surface area (Å²) < 4.78 is 16.1. The minimum Gasteiger partial charge on any atom is -0.493 e. The van der Waals surface area contributed by atoms with Gasteiger partial charge in [0.2, 0.25) is 0 Å². The lowest BCUT2D eigenvalue weighted by atomic mass is 10.1. The third-order valence-corrected chi connectivity index (χ3v) is 3.66. The van der Waals surface area contributed by atoms with Crippen LogP contribution in [-0.2, 0) is 4.79 Å². The van der Waals surface area contributed by atoms with Gasteiger partial charge >= 0.3 is 5.97 Å². The number of esters is 1. The van der Waals surface area contributed by atoms with Crippen molar-refractivity contribution in [3.05, 3.63) is 59.2 Å². The first-order valence-corrected chi connectivity index (χ1v) is 7.69. The Bertz CT molecular complexity index is 834. The molecule has 0 unspecified atom stereocenters. The number of carbonyl (C=O) groups excluding carboxylic acids is 1. The summed E-state index contributed by atoms with van der Waals surface area (Å²) in [6, 6.07) is 12.6. The van der Waals surface area contributed by atoms with Crippen LogP contribution in [0.25, 0.3) is 6.08 Å². The molecule has 0 aliphatic rings. The lowest BCUT2D eigenvalue weighted by Gasteiger charge is -2.12. The Hall–Kier alpha value is -3.26. The minimum atomic E-state index is -0.528. The van der Waals surface area contributed by atoms with Gasteiger partial charge in [0.1, 0.15) is 5.75 Å². The number of nitrogens with zero attached hydrogens (tertiary/aromatic N) is 1. The van der Waals surface area contributed by atoms with E-state index in [1.807, 2.05) is 38.1 Å². The summed E-state index contributed by atoms with van der Waals surface area (Å²) in [7, 11) is 1.48. The molecular weight excluding hydrogens is 318 g/mol. The minimum absolute atomic E-state index is 0.205. The SMILES string of the molecule is COc1cc(/C=C\C#N)ccc1OC(=O)COc1cccc(C)c1C. The molecule has 0 aliphatic carbocycles. The first-order valence-electron chi connectivity index (χ1n) is 7.69. The molecule has 2 aromatic carbocycles. The molecule has 0 amide bonds. The van der Waals surface area contributed by atoms with E-state index in [0.29, 0.717) is 17.2 Å². The second-order valence-electron chi connectivity index (χ2n) is 5.33. The predicted octanol–water partition coefficient (Wildman–Crippen LogP) is 3.83. The quantitative estimate of drug-likeness (QED) is 0.455. The zero-order chi connectivity index (χ0) is 18.2. The molecule has 0 bridgehead atoms. The third kappa shape index (κ3) is 4.85. The number of nitriles is 1. The number of carbonyl (C=O) groups is 1. The molecule has 0 radical (unpaired) electrons. The van der Waals surface area contributed by atoms with Crippen LogP contribution >= 0.6 is 0 Å². The second kappa shape index (κ2) is 8.55. The molecule has 0 aromatic heterocycles. The number of ether oxygens (including phenoxy) is 3. The van der Waals surface area contributed by atoms with E-state index in [2.05, 4.69) is 0 Å². The maximum Gasteiger partial charge on any atom is 0.349 e. The van der Waals surface area contributed by atoms with Gasteiger partial charge in [-0.15, -0.1) is 0 Å². The largest absolute Gasteiger partial charge is 0.493 e. The van der Waals surface area contributed by atoms with E-state index in [1.165, 1.54) is 13.2 Å². The smallest absolute Gasteiger partial charge is 0.349 e. The Kier molecular flexibility index (Phi) is 6.19. The summed E-state index contributed by atoms with van der Waals surface area (Å²) in [6.07, 6.45) is 3.00. The van der Waals surface area contributed by atoms with Crippen LogP contribution in [-0.4, -0.2) is 19.7 Å². The lowest BCUT2D eigenvalue weighted by molar-refractivity contribution is -0.136. The van der Waals surface area contributed by atoms with Crippen molar-refractivity contribution >= 4 is 12.0 Å². The van der Waals surface area contributed by atoms with Crippen molar-refractivity contribution in [1.82, 2.24) is 0 Å². The number of hydrogen-bond donors (Lipinski definition) is 0. The van der Waals surface area contributed by atoms with E-state index >= 15 is 0 Å². The van der Waals surface area contributed by atoms with E-state index in [0.717, 1.165) is 16.7 Å². The first kappa shape index (κ1) is 18.1. The van der Waals surface area contributed by atoms with Crippen LogP contribution in [0.1, 0.15) is 16.7 Å². The number of hydrogen-bond acceptors (Lipinski definition) is 5. The molecule has 2 aromatic rings. The predicted molar refractivity (Wildman–Crippen MR) is 94.7 cm³/mol. The van der Waals surface area contributed by atoms with Crippen LogP contribution in [0.2, 0.25) is 0 Å². The summed E-state index contributed by atoms with van der Waals surface area (Å²) >= 11 is 0. The Morgan fingerprint density at radius 3 is 2.68 bits per heavy atom. The molecule has 0 spiro atoms. The zero-order valence-corrected chi connectivity index (χ0v) is 14.4. The van der Waals surface area contributed by atoms with Crippen molar-refractivity contribution in [3.8, 4) is 23.3 Å². The third-order valence-electron chi connectivity index (χ3n) is 3.66. The van der Waals surface area contributed by atoms with Crippen molar-refractivity contribution in [2.24, 2.45) is 0 Å². The number of methoxy groups -OCH3 is 1. The van der Waals surface area contributed by atoms with Gasteiger partial charge in [-0.05, 0) is 54.8 Å². The van der Waals surface area contributed by atoms with Crippen molar-refractivity contribution < 1.29 is 19.0 Å². The molecule has 5 nitrogen and oxygen atoms in total. The standard InChI is InChI=1S/C20H19NO4/c1-14-6-4-8-17(15(14)2)24-13-20(22)25-18-10-9-16(7-5-11-21)12-19(18)23-3/h4-10,12H,13H2,1-3H3/b7-5-. The summed E-state index contributed by atoms with van der Waals surface area (Å²) in [5, 5.41) is 8.57. The molecule has 2 rings (SSSR count). The van der Waals surface area contributed by atoms with Crippen molar-refractivity contribution in [1.29, 1.82) is 5.26 Å². The Balaban J connectivity index is 2.04. The van der Waals surface area contributed by atoms with Crippen LogP contribution in [0.5, 0.6) is 17.2 Å². The topological polar surface area (TPSA) is 68.5 Å². The van der Waals surface area contributed by atoms with Crippen molar-refractivity contribution in [3.63, 3.8) is 0 Å². The Labute approximate surface area is 147 Å². The molecule has 128 valence electrons. The van der Waals surface area contributed by atoms with Gasteiger partial charge in [-0.3, -0.25) is 0 Å². The second-order valence-corrected chi connectivity index (χ2v) is 5.33. The Morgan fingerprint density at radius 2 is 1.96 bits per heavy atom. The Morgan fingerprint density at radius 1 is 1.16 bits per heavy atom. The molecule has 25 heavy (non-hydrogen) atoms. The summed E-state index contributed by atoms with van der Waals surface area (Å²) in [5.41, 5.74) is 2.85. The van der Waals surface area contributed by atoms with E-state index in [9.17, 15) is 4.79 Å². The number of aryl methyl sites for hydroxylation is 1. The van der Waals surface area contributed by atoms with Gasteiger partial charge in [0, 0.05) is 6.08 Å². The molecule has 0 aliphatic heterocycles. The maximum absolute atomic E-state index is 12.0. The molecular formula is C20H19NO4. The van der Waals surface area contributed by atoms with Gasteiger partial charge < -0.3 is 14.2 Å². The highest BCUT2D eigenvalue weighted by atomic mass is 16.6. The molecule has 5 heteroatoms. The first-order chi connectivity index (χ1) is 12.0. The average molecular weight is 337 g/mol. The van der Waals surface area contributed by atoms with Gasteiger partial charge in [0.15, 0.2) is 18.1 Å². The van der Waals surface area contributed by atoms with E-state index < -0.39 is 5.97 Å². The fraction of sp³-hybridized carbons (Fsp3) is 0.200. The van der Waals surface area contributed by atoms with Gasteiger partial charge in [-0.2, -0.15) is 5.26 Å². The van der Waals surface area contributed by atoms with Crippen molar-refractivity contribution in [2.75, 3.05) is 13.7 Å².